The van der Waals surface area contributed by atoms with Crippen molar-refractivity contribution in [2.75, 3.05) is 18.4 Å². The van der Waals surface area contributed by atoms with Gasteiger partial charge in [0.25, 0.3) is 0 Å². The SMILES string of the molecule is CC(C)(OCc1cc(Cl)cc(-c2cc(NC(=O)[C@H]3CCNC3)nn2-c2ccccc2)c1)C(F)(F)F. The number of nitrogens with zero attached hydrogens (tertiary/aromatic N) is 2. The van der Waals surface area contributed by atoms with E-state index in [1.54, 1.807) is 28.9 Å². The molecule has 2 N–H and O–H groups in total. The number of alkyl halides is 3. The minimum atomic E-state index is -4.51. The molecule has 4 rings (SSSR count). The van der Waals surface area contributed by atoms with Crippen LogP contribution >= 0.6 is 11.6 Å². The van der Waals surface area contributed by atoms with E-state index >= 15 is 0 Å². The Bertz CT molecular complexity index is 1190. The Morgan fingerprint density at radius 1 is 1.20 bits per heavy atom. The third kappa shape index (κ3) is 5.86. The second kappa shape index (κ2) is 10.0. The Morgan fingerprint density at radius 3 is 2.60 bits per heavy atom. The van der Waals surface area contributed by atoms with E-state index in [4.69, 9.17) is 16.3 Å². The first-order valence-electron chi connectivity index (χ1n) is 11.2. The minimum Gasteiger partial charge on any atom is -0.361 e. The van der Waals surface area contributed by atoms with Crippen LogP contribution < -0.4 is 10.6 Å². The summed E-state index contributed by atoms with van der Waals surface area (Å²) >= 11 is 6.33. The molecule has 35 heavy (non-hydrogen) atoms. The van der Waals surface area contributed by atoms with Gasteiger partial charge in [0.2, 0.25) is 5.91 Å². The average Bonchev–Trinajstić information content (AvgIpc) is 3.48. The summed E-state index contributed by atoms with van der Waals surface area (Å²) in [5, 5.41) is 11.0. The van der Waals surface area contributed by atoms with Gasteiger partial charge < -0.3 is 15.4 Å². The number of rotatable bonds is 7. The first-order chi connectivity index (χ1) is 16.5. The number of ether oxygens (including phenoxy) is 1. The topological polar surface area (TPSA) is 68.2 Å². The standard InChI is InChI=1S/C25H26ClF3N4O2/c1-24(2,25(27,28)29)35-15-16-10-18(12-19(26)11-16)21-13-22(31-23(34)17-8-9-30-14-17)32-33(21)20-6-4-3-5-7-20/h3-7,10-13,17,30H,8-9,14-15H2,1-2H3,(H,31,32,34)/t17-/m0/s1. The molecule has 1 aromatic heterocycles. The molecule has 0 aliphatic carbocycles. The van der Waals surface area contributed by atoms with E-state index < -0.39 is 11.8 Å². The van der Waals surface area contributed by atoms with Gasteiger partial charge in [-0.2, -0.15) is 13.2 Å². The van der Waals surface area contributed by atoms with Crippen LogP contribution in [0, 0.1) is 5.92 Å². The Hall–Kier alpha value is -2.88. The summed E-state index contributed by atoms with van der Waals surface area (Å²) in [6.45, 7) is 3.09. The van der Waals surface area contributed by atoms with Gasteiger partial charge in [0.15, 0.2) is 11.4 Å². The number of anilines is 1. The summed E-state index contributed by atoms with van der Waals surface area (Å²) < 4.78 is 46.5. The van der Waals surface area contributed by atoms with Crippen LogP contribution in [0.4, 0.5) is 19.0 Å². The van der Waals surface area contributed by atoms with Crippen molar-refractivity contribution in [2.45, 2.75) is 38.7 Å². The fourth-order valence-corrected chi connectivity index (χ4v) is 4.01. The van der Waals surface area contributed by atoms with Gasteiger partial charge in [0.05, 0.1) is 23.9 Å². The van der Waals surface area contributed by atoms with Gasteiger partial charge in [-0.15, -0.1) is 5.10 Å². The fourth-order valence-electron chi connectivity index (χ4n) is 3.75. The van der Waals surface area contributed by atoms with Gasteiger partial charge in [-0.3, -0.25) is 4.79 Å². The van der Waals surface area contributed by atoms with Gasteiger partial charge >= 0.3 is 6.18 Å². The summed E-state index contributed by atoms with van der Waals surface area (Å²) in [5.74, 6) is 0.123. The van der Waals surface area contributed by atoms with E-state index in [9.17, 15) is 18.0 Å². The van der Waals surface area contributed by atoms with Crippen LogP contribution in [-0.2, 0) is 16.1 Å². The predicted molar refractivity (Wildman–Crippen MR) is 129 cm³/mol. The van der Waals surface area contributed by atoms with Gasteiger partial charge in [0, 0.05) is 23.2 Å². The highest BCUT2D eigenvalue weighted by Crippen LogP contribution is 2.35. The molecule has 2 aromatic carbocycles. The first-order valence-corrected chi connectivity index (χ1v) is 11.6. The number of carbonyl (C=O) groups is 1. The monoisotopic (exact) mass is 506 g/mol. The third-order valence-corrected chi connectivity index (χ3v) is 6.15. The predicted octanol–water partition coefficient (Wildman–Crippen LogP) is 5.60. The van der Waals surface area contributed by atoms with Crippen molar-refractivity contribution >= 4 is 23.3 Å². The van der Waals surface area contributed by atoms with Crippen molar-refractivity contribution < 1.29 is 22.7 Å². The zero-order chi connectivity index (χ0) is 25.2. The van der Waals surface area contributed by atoms with Gasteiger partial charge in [-0.25, -0.2) is 4.68 Å². The van der Waals surface area contributed by atoms with Crippen molar-refractivity contribution in [3.63, 3.8) is 0 Å². The summed E-state index contributed by atoms with van der Waals surface area (Å²) in [5.41, 5.74) is 0.165. The zero-order valence-electron chi connectivity index (χ0n) is 19.3. The molecule has 0 bridgehead atoms. The van der Waals surface area contributed by atoms with Crippen molar-refractivity contribution in [1.82, 2.24) is 15.1 Å². The number of nitrogens with one attached hydrogen (secondary N) is 2. The maximum atomic E-state index is 13.2. The molecule has 10 heteroatoms. The van der Waals surface area contributed by atoms with Crippen molar-refractivity contribution in [3.8, 4) is 16.9 Å². The molecule has 0 radical (unpaired) electrons. The van der Waals surface area contributed by atoms with E-state index in [0.29, 0.717) is 34.2 Å². The second-order valence-corrected chi connectivity index (χ2v) is 9.42. The van der Waals surface area contributed by atoms with Crippen molar-refractivity contribution in [1.29, 1.82) is 0 Å². The quantitative estimate of drug-likeness (QED) is 0.438. The van der Waals surface area contributed by atoms with E-state index in [-0.39, 0.29) is 18.4 Å². The van der Waals surface area contributed by atoms with Crippen LogP contribution in [0.25, 0.3) is 16.9 Å². The lowest BCUT2D eigenvalue weighted by Crippen LogP contribution is -2.41. The molecule has 0 saturated carbocycles. The van der Waals surface area contributed by atoms with Crippen LogP contribution in [0.15, 0.2) is 54.6 Å². The molecule has 1 amide bonds. The Balaban J connectivity index is 1.67. The number of hydrogen-bond acceptors (Lipinski definition) is 4. The second-order valence-electron chi connectivity index (χ2n) is 8.99. The smallest absolute Gasteiger partial charge is 0.361 e. The lowest BCUT2D eigenvalue weighted by atomic mass is 10.1. The Morgan fingerprint density at radius 2 is 1.94 bits per heavy atom. The van der Waals surface area contributed by atoms with Crippen LogP contribution in [0.1, 0.15) is 25.8 Å². The minimum absolute atomic E-state index is 0.117. The first kappa shape index (κ1) is 25.2. The van der Waals surface area contributed by atoms with Crippen LogP contribution in [-0.4, -0.2) is 40.6 Å². The number of benzene rings is 2. The van der Waals surface area contributed by atoms with Crippen LogP contribution in [0.5, 0.6) is 0 Å². The molecule has 0 spiro atoms. The van der Waals surface area contributed by atoms with E-state index in [1.807, 2.05) is 30.3 Å². The largest absolute Gasteiger partial charge is 0.416 e. The van der Waals surface area contributed by atoms with E-state index in [0.717, 1.165) is 32.5 Å². The molecule has 1 fully saturated rings. The normalized spacial score (nSPS) is 16.5. The molecule has 186 valence electrons. The number of halogens is 4. The maximum absolute atomic E-state index is 13.2. The number of para-hydroxylation sites is 1. The molecule has 2 heterocycles. The number of hydrogen-bond donors (Lipinski definition) is 2. The zero-order valence-corrected chi connectivity index (χ0v) is 20.1. The Kier molecular flexibility index (Phi) is 7.21. The molecular formula is C25H26ClF3N4O2. The van der Waals surface area contributed by atoms with Crippen molar-refractivity contribution in [3.05, 3.63) is 65.2 Å². The summed E-state index contributed by atoms with van der Waals surface area (Å²) in [4.78, 5) is 12.6. The molecule has 0 unspecified atom stereocenters. The van der Waals surface area contributed by atoms with Crippen LogP contribution in [0.3, 0.4) is 0 Å². The number of amides is 1. The lowest BCUT2D eigenvalue weighted by Gasteiger charge is -2.28. The molecule has 6 nitrogen and oxygen atoms in total. The highest BCUT2D eigenvalue weighted by atomic mass is 35.5. The Labute approximate surface area is 206 Å². The summed E-state index contributed by atoms with van der Waals surface area (Å²) in [7, 11) is 0. The van der Waals surface area contributed by atoms with Gasteiger partial charge in [0.1, 0.15) is 0 Å². The number of carbonyl (C=O) groups excluding carboxylic acids is 1. The van der Waals surface area contributed by atoms with E-state index in [2.05, 4.69) is 15.7 Å². The third-order valence-electron chi connectivity index (χ3n) is 5.93. The number of aromatic nitrogens is 2. The maximum Gasteiger partial charge on any atom is 0.416 e. The average molecular weight is 507 g/mol. The van der Waals surface area contributed by atoms with Crippen LogP contribution in [0.2, 0.25) is 5.02 Å². The summed E-state index contributed by atoms with van der Waals surface area (Å²) in [6.07, 6.45) is -3.76. The van der Waals surface area contributed by atoms with Crippen molar-refractivity contribution in [2.24, 2.45) is 5.92 Å². The lowest BCUT2D eigenvalue weighted by molar-refractivity contribution is -0.267. The van der Waals surface area contributed by atoms with Gasteiger partial charge in [-0.1, -0.05) is 29.8 Å². The molecule has 1 aliphatic heterocycles. The molecule has 1 atom stereocenters. The molecular weight excluding hydrogens is 481 g/mol. The molecule has 1 saturated heterocycles. The van der Waals surface area contributed by atoms with E-state index in [1.165, 1.54) is 0 Å². The van der Waals surface area contributed by atoms with Gasteiger partial charge in [-0.05, 0) is 62.7 Å². The summed E-state index contributed by atoms with van der Waals surface area (Å²) in [6, 6.07) is 16.0. The molecule has 3 aromatic rings. The molecule has 1 aliphatic rings. The fraction of sp³-hybridized carbons (Fsp3) is 0.360. The highest BCUT2D eigenvalue weighted by molar-refractivity contribution is 6.31. The highest BCUT2D eigenvalue weighted by Gasteiger charge is 2.48.